The molecule has 0 aliphatic carbocycles. The van der Waals surface area contributed by atoms with Crippen molar-refractivity contribution in [3.63, 3.8) is 0 Å². The molecule has 0 aromatic heterocycles. The van der Waals surface area contributed by atoms with Crippen molar-refractivity contribution >= 4 is 16.1 Å². The van der Waals surface area contributed by atoms with Crippen LogP contribution in [0.3, 0.4) is 0 Å². The maximum atomic E-state index is 12.9. The molecule has 2 fully saturated rings. The molecule has 0 N–H and O–H groups in total. The number of methoxy groups -OCH3 is 2. The molecule has 3 rings (SSSR count). The lowest BCUT2D eigenvalue weighted by Crippen LogP contribution is -2.57. The minimum absolute atomic E-state index is 0.170. The number of nitrogens with zero attached hydrogens (tertiary/aromatic N) is 4. The molecule has 0 spiro atoms. The zero-order chi connectivity index (χ0) is 20.3. The van der Waals surface area contributed by atoms with E-state index in [0.717, 1.165) is 13.1 Å². The third kappa shape index (κ3) is 4.24. The van der Waals surface area contributed by atoms with Gasteiger partial charge in [-0.25, -0.2) is 0 Å². The summed E-state index contributed by atoms with van der Waals surface area (Å²) in [7, 11) is 1.56. The summed E-state index contributed by atoms with van der Waals surface area (Å²) in [6.45, 7) is 3.74. The fraction of sp³-hybridized carbons (Fsp3) is 0.611. The van der Waals surface area contributed by atoms with Gasteiger partial charge in [0.25, 0.3) is 16.1 Å². The first-order chi connectivity index (χ1) is 13.4. The Kier molecular flexibility index (Phi) is 6.43. The number of benzene rings is 1. The fourth-order valence-corrected chi connectivity index (χ4v) is 5.03. The van der Waals surface area contributed by atoms with Crippen LogP contribution in [0.5, 0.6) is 11.5 Å². The maximum Gasteiger partial charge on any atom is 0.282 e. The van der Waals surface area contributed by atoms with E-state index in [4.69, 9.17) is 9.47 Å². The Labute approximate surface area is 166 Å². The van der Waals surface area contributed by atoms with E-state index in [0.29, 0.717) is 56.3 Å². The largest absolute Gasteiger partial charge is 0.497 e. The lowest BCUT2D eigenvalue weighted by molar-refractivity contribution is 0.0689. The highest BCUT2D eigenvalue weighted by molar-refractivity contribution is 7.86. The Hall–Kier alpha value is -1.88. The SMILES string of the molecule is COc1ccc(C(=O)N2CCN(S(=O)(=O)N3CCN(C)CC3)CC2)c(OC)c1. The van der Waals surface area contributed by atoms with Gasteiger partial charge >= 0.3 is 0 Å². The van der Waals surface area contributed by atoms with Crippen LogP contribution in [0.25, 0.3) is 0 Å². The minimum Gasteiger partial charge on any atom is -0.497 e. The molecule has 2 aliphatic heterocycles. The van der Waals surface area contributed by atoms with E-state index in [1.165, 1.54) is 15.7 Å². The van der Waals surface area contributed by atoms with Gasteiger partial charge in [-0.3, -0.25) is 4.79 Å². The summed E-state index contributed by atoms with van der Waals surface area (Å²) in [6.07, 6.45) is 0. The summed E-state index contributed by atoms with van der Waals surface area (Å²) in [5.74, 6) is 0.879. The summed E-state index contributed by atoms with van der Waals surface area (Å²) in [5, 5.41) is 0. The summed E-state index contributed by atoms with van der Waals surface area (Å²) in [5.41, 5.74) is 0.443. The average Bonchev–Trinajstić information content (AvgIpc) is 2.73. The van der Waals surface area contributed by atoms with Crippen LogP contribution in [0.15, 0.2) is 18.2 Å². The minimum atomic E-state index is -3.48. The Morgan fingerprint density at radius 1 is 0.893 bits per heavy atom. The third-order valence-corrected chi connectivity index (χ3v) is 7.32. The second-order valence-corrected chi connectivity index (χ2v) is 8.90. The lowest BCUT2D eigenvalue weighted by Gasteiger charge is -2.39. The van der Waals surface area contributed by atoms with E-state index in [9.17, 15) is 13.2 Å². The van der Waals surface area contributed by atoms with Gasteiger partial charge in [-0.05, 0) is 19.2 Å². The van der Waals surface area contributed by atoms with Gasteiger partial charge in [-0.2, -0.15) is 17.0 Å². The van der Waals surface area contributed by atoms with Gasteiger partial charge < -0.3 is 19.3 Å². The highest BCUT2D eigenvalue weighted by Gasteiger charge is 2.35. The van der Waals surface area contributed by atoms with Crippen molar-refractivity contribution in [1.82, 2.24) is 18.4 Å². The van der Waals surface area contributed by atoms with Gasteiger partial charge in [0.05, 0.1) is 19.8 Å². The first-order valence-electron chi connectivity index (χ1n) is 9.32. The molecule has 0 saturated carbocycles. The topological polar surface area (TPSA) is 82.6 Å². The predicted molar refractivity (Wildman–Crippen MR) is 105 cm³/mol. The molecule has 2 saturated heterocycles. The van der Waals surface area contributed by atoms with Crippen molar-refractivity contribution < 1.29 is 22.7 Å². The van der Waals surface area contributed by atoms with Gasteiger partial charge in [0.2, 0.25) is 0 Å². The summed E-state index contributed by atoms with van der Waals surface area (Å²) in [6, 6.07) is 5.05. The maximum absolute atomic E-state index is 12.9. The van der Waals surface area contributed by atoms with Crippen LogP contribution in [0.2, 0.25) is 0 Å². The van der Waals surface area contributed by atoms with Crippen molar-refractivity contribution in [2.45, 2.75) is 0 Å². The number of likely N-dealkylation sites (N-methyl/N-ethyl adjacent to an activating group) is 1. The van der Waals surface area contributed by atoms with Crippen LogP contribution < -0.4 is 9.47 Å². The van der Waals surface area contributed by atoms with E-state index in [-0.39, 0.29) is 5.91 Å². The highest BCUT2D eigenvalue weighted by atomic mass is 32.2. The Morgan fingerprint density at radius 2 is 1.46 bits per heavy atom. The van der Waals surface area contributed by atoms with Crippen LogP contribution in [0, 0.1) is 0 Å². The number of rotatable bonds is 5. The van der Waals surface area contributed by atoms with Crippen LogP contribution in [-0.2, 0) is 10.2 Å². The lowest BCUT2D eigenvalue weighted by atomic mass is 10.1. The predicted octanol–water partition coefficient (Wildman–Crippen LogP) is -0.0462. The number of carbonyl (C=O) groups is 1. The zero-order valence-corrected chi connectivity index (χ0v) is 17.4. The normalized spacial score (nSPS) is 20.2. The fourth-order valence-electron chi connectivity index (χ4n) is 3.45. The van der Waals surface area contributed by atoms with E-state index >= 15 is 0 Å². The van der Waals surface area contributed by atoms with Crippen LogP contribution >= 0.6 is 0 Å². The smallest absolute Gasteiger partial charge is 0.282 e. The molecule has 156 valence electrons. The van der Waals surface area contributed by atoms with Crippen molar-refractivity contribution in [2.75, 3.05) is 73.6 Å². The Bertz CT molecular complexity index is 800. The Morgan fingerprint density at radius 3 is 2.00 bits per heavy atom. The summed E-state index contributed by atoms with van der Waals surface area (Å²) in [4.78, 5) is 16.7. The monoisotopic (exact) mass is 412 g/mol. The molecule has 1 aromatic rings. The van der Waals surface area contributed by atoms with E-state index in [1.54, 1.807) is 30.2 Å². The summed E-state index contributed by atoms with van der Waals surface area (Å²) < 4.78 is 39.2. The van der Waals surface area contributed by atoms with Gasteiger partial charge in [0.1, 0.15) is 11.5 Å². The number of amides is 1. The first kappa shape index (κ1) is 20.8. The molecule has 9 nitrogen and oxygen atoms in total. The average molecular weight is 413 g/mol. The summed E-state index contributed by atoms with van der Waals surface area (Å²) >= 11 is 0. The van der Waals surface area contributed by atoms with Crippen molar-refractivity contribution in [3.05, 3.63) is 23.8 Å². The quantitative estimate of drug-likeness (QED) is 0.675. The van der Waals surface area contributed by atoms with E-state index in [2.05, 4.69) is 4.90 Å². The van der Waals surface area contributed by atoms with Gasteiger partial charge in [0, 0.05) is 58.4 Å². The molecule has 10 heteroatoms. The molecule has 28 heavy (non-hydrogen) atoms. The number of ether oxygens (including phenoxy) is 2. The zero-order valence-electron chi connectivity index (χ0n) is 16.6. The standard InChI is InChI=1S/C18H28N4O5S/c1-19-6-10-21(11-7-19)28(24,25)22-12-8-20(9-13-22)18(23)16-5-4-15(26-2)14-17(16)27-3/h4-5,14H,6-13H2,1-3H3. The third-order valence-electron chi connectivity index (χ3n) is 5.28. The molecule has 0 bridgehead atoms. The van der Waals surface area contributed by atoms with Gasteiger partial charge in [-0.1, -0.05) is 0 Å². The molecule has 0 radical (unpaired) electrons. The van der Waals surface area contributed by atoms with Crippen molar-refractivity contribution in [3.8, 4) is 11.5 Å². The van der Waals surface area contributed by atoms with Crippen molar-refractivity contribution in [1.29, 1.82) is 0 Å². The van der Waals surface area contributed by atoms with Crippen molar-refractivity contribution in [2.24, 2.45) is 0 Å². The van der Waals surface area contributed by atoms with Crippen LogP contribution in [0.1, 0.15) is 10.4 Å². The van der Waals surface area contributed by atoms with Gasteiger partial charge in [-0.15, -0.1) is 0 Å². The molecular weight excluding hydrogens is 384 g/mol. The van der Waals surface area contributed by atoms with Crippen LogP contribution in [-0.4, -0.2) is 106 Å². The van der Waals surface area contributed by atoms with Crippen LogP contribution in [0.4, 0.5) is 0 Å². The molecule has 0 atom stereocenters. The molecule has 0 unspecified atom stereocenters. The molecule has 1 amide bonds. The number of hydrogen-bond acceptors (Lipinski definition) is 6. The van der Waals surface area contributed by atoms with Gasteiger partial charge in [0.15, 0.2) is 0 Å². The molecular formula is C18H28N4O5S. The first-order valence-corrected chi connectivity index (χ1v) is 10.7. The van der Waals surface area contributed by atoms with E-state index < -0.39 is 10.2 Å². The highest BCUT2D eigenvalue weighted by Crippen LogP contribution is 2.26. The van der Waals surface area contributed by atoms with E-state index in [1.807, 2.05) is 7.05 Å². The molecule has 2 heterocycles. The second kappa shape index (κ2) is 8.64. The number of piperazine rings is 2. The second-order valence-electron chi connectivity index (χ2n) is 6.97. The number of hydrogen-bond donors (Lipinski definition) is 0. The Balaban J connectivity index is 1.64. The molecule has 1 aromatic carbocycles. The molecule has 2 aliphatic rings. The number of carbonyl (C=O) groups excluding carboxylic acids is 1.